The SMILES string of the molecule is CC(C)(c1cc(-c2cncc(-c3ccccc3)c2)cc2cccnc12)S(C)(=O)=O. The van der Waals surface area contributed by atoms with Crippen LogP contribution < -0.4 is 0 Å². The van der Waals surface area contributed by atoms with Crippen molar-refractivity contribution in [3.63, 3.8) is 0 Å². The lowest BCUT2D eigenvalue weighted by Crippen LogP contribution is -2.28. The van der Waals surface area contributed by atoms with Crippen molar-refractivity contribution in [2.75, 3.05) is 6.26 Å². The normalized spacial score (nSPS) is 12.2. The Morgan fingerprint density at radius 1 is 0.793 bits per heavy atom. The third kappa shape index (κ3) is 3.54. The first kappa shape index (κ1) is 19.3. The van der Waals surface area contributed by atoms with Gasteiger partial charge in [-0.2, -0.15) is 0 Å². The topological polar surface area (TPSA) is 59.9 Å². The lowest BCUT2D eigenvalue weighted by Gasteiger charge is -2.25. The van der Waals surface area contributed by atoms with Gasteiger partial charge < -0.3 is 0 Å². The van der Waals surface area contributed by atoms with Gasteiger partial charge in [-0.1, -0.05) is 36.4 Å². The van der Waals surface area contributed by atoms with Crippen LogP contribution >= 0.6 is 0 Å². The number of benzene rings is 2. The Bertz CT molecular complexity index is 1300. The Hall–Kier alpha value is -3.05. The summed E-state index contributed by atoms with van der Waals surface area (Å²) in [4.78, 5) is 8.90. The van der Waals surface area contributed by atoms with E-state index < -0.39 is 14.6 Å². The van der Waals surface area contributed by atoms with Crippen molar-refractivity contribution in [3.8, 4) is 22.3 Å². The first-order valence-electron chi connectivity index (χ1n) is 9.37. The highest BCUT2D eigenvalue weighted by Gasteiger charge is 2.34. The van der Waals surface area contributed by atoms with Crippen molar-refractivity contribution in [1.82, 2.24) is 9.97 Å². The third-order valence-corrected chi connectivity index (χ3v) is 7.53. The Balaban J connectivity index is 1.95. The zero-order valence-electron chi connectivity index (χ0n) is 16.6. The highest BCUT2D eigenvalue weighted by atomic mass is 32.2. The van der Waals surface area contributed by atoms with Gasteiger partial charge in [-0.25, -0.2) is 8.42 Å². The summed E-state index contributed by atoms with van der Waals surface area (Å²) in [7, 11) is -3.35. The van der Waals surface area contributed by atoms with Gasteiger partial charge in [0.05, 0.1) is 10.3 Å². The Kier molecular flexibility index (Phi) is 4.71. The molecule has 29 heavy (non-hydrogen) atoms. The van der Waals surface area contributed by atoms with Crippen LogP contribution in [0.3, 0.4) is 0 Å². The van der Waals surface area contributed by atoms with Gasteiger partial charge in [-0.15, -0.1) is 0 Å². The van der Waals surface area contributed by atoms with Crippen molar-refractivity contribution >= 4 is 20.7 Å². The standard InChI is InChI=1S/C24H22N2O2S/c1-24(2,29(3,27)28)22-14-19(12-18-10-7-11-26-23(18)22)21-13-20(15-25-16-21)17-8-5-4-6-9-17/h4-16H,1-3H3. The molecule has 0 aliphatic carbocycles. The van der Waals surface area contributed by atoms with E-state index >= 15 is 0 Å². The van der Waals surface area contributed by atoms with Crippen molar-refractivity contribution < 1.29 is 8.42 Å². The smallest absolute Gasteiger partial charge is 0.156 e. The number of aromatic nitrogens is 2. The van der Waals surface area contributed by atoms with Crippen LogP contribution in [0.2, 0.25) is 0 Å². The maximum atomic E-state index is 12.5. The van der Waals surface area contributed by atoms with Crippen LogP contribution in [0.15, 0.2) is 79.3 Å². The minimum atomic E-state index is -3.35. The summed E-state index contributed by atoms with van der Waals surface area (Å²) >= 11 is 0. The summed E-state index contributed by atoms with van der Waals surface area (Å²) in [6.45, 7) is 3.46. The molecule has 146 valence electrons. The van der Waals surface area contributed by atoms with E-state index in [9.17, 15) is 8.42 Å². The summed E-state index contributed by atoms with van der Waals surface area (Å²) in [5, 5.41) is 0.904. The number of hydrogen-bond acceptors (Lipinski definition) is 4. The molecule has 0 unspecified atom stereocenters. The second-order valence-electron chi connectivity index (χ2n) is 7.71. The Morgan fingerprint density at radius 3 is 2.17 bits per heavy atom. The molecule has 4 rings (SSSR count). The highest BCUT2D eigenvalue weighted by molar-refractivity contribution is 7.91. The molecule has 4 aromatic rings. The minimum absolute atomic E-state index is 0.693. The lowest BCUT2D eigenvalue weighted by atomic mass is 9.93. The van der Waals surface area contributed by atoms with Crippen molar-refractivity contribution in [1.29, 1.82) is 0 Å². The molecule has 2 heterocycles. The van der Waals surface area contributed by atoms with Crippen molar-refractivity contribution in [3.05, 3.63) is 84.8 Å². The monoisotopic (exact) mass is 402 g/mol. The van der Waals surface area contributed by atoms with E-state index in [1.54, 1.807) is 26.2 Å². The zero-order chi connectivity index (χ0) is 20.6. The number of pyridine rings is 2. The number of fused-ring (bicyclic) bond motifs is 1. The van der Waals surface area contributed by atoms with E-state index in [2.05, 4.69) is 16.0 Å². The molecule has 0 spiro atoms. The number of sulfone groups is 1. The summed E-state index contributed by atoms with van der Waals surface area (Å²) < 4.78 is 24.0. The van der Waals surface area contributed by atoms with Crippen molar-refractivity contribution in [2.24, 2.45) is 0 Å². The summed E-state index contributed by atoms with van der Waals surface area (Å²) in [5.74, 6) is 0. The van der Waals surface area contributed by atoms with Crippen LogP contribution in [0.5, 0.6) is 0 Å². The molecule has 0 fully saturated rings. The van der Waals surface area contributed by atoms with Gasteiger partial charge in [0.25, 0.3) is 0 Å². The van der Waals surface area contributed by atoms with Gasteiger partial charge in [-0.3, -0.25) is 9.97 Å². The van der Waals surface area contributed by atoms with Crippen LogP contribution in [0.25, 0.3) is 33.2 Å². The van der Waals surface area contributed by atoms with Gasteiger partial charge in [0.2, 0.25) is 0 Å². The van der Waals surface area contributed by atoms with Gasteiger partial charge in [-0.05, 0) is 54.8 Å². The van der Waals surface area contributed by atoms with Crippen LogP contribution in [0.4, 0.5) is 0 Å². The molecule has 0 amide bonds. The van der Waals surface area contributed by atoms with E-state index in [4.69, 9.17) is 0 Å². The quantitative estimate of drug-likeness (QED) is 0.468. The molecule has 4 nitrogen and oxygen atoms in total. The van der Waals surface area contributed by atoms with Crippen LogP contribution in [-0.2, 0) is 14.6 Å². The summed E-state index contributed by atoms with van der Waals surface area (Å²) in [6.07, 6.45) is 6.61. The molecular weight excluding hydrogens is 380 g/mol. The van der Waals surface area contributed by atoms with Crippen molar-refractivity contribution in [2.45, 2.75) is 18.6 Å². The third-order valence-electron chi connectivity index (χ3n) is 5.46. The molecule has 0 aliphatic rings. The molecule has 0 saturated carbocycles. The van der Waals surface area contributed by atoms with E-state index in [1.807, 2.05) is 60.8 Å². The highest BCUT2D eigenvalue weighted by Crippen LogP contribution is 2.37. The maximum Gasteiger partial charge on any atom is 0.156 e. The molecule has 0 atom stereocenters. The van der Waals surface area contributed by atoms with E-state index in [1.165, 1.54) is 6.26 Å². The van der Waals surface area contributed by atoms with Crippen LogP contribution in [-0.4, -0.2) is 24.6 Å². The van der Waals surface area contributed by atoms with E-state index in [-0.39, 0.29) is 0 Å². The maximum absolute atomic E-state index is 12.5. The van der Waals surface area contributed by atoms with Crippen LogP contribution in [0, 0.1) is 0 Å². The second kappa shape index (κ2) is 7.08. The van der Waals surface area contributed by atoms with Gasteiger partial charge in [0.1, 0.15) is 0 Å². The minimum Gasteiger partial charge on any atom is -0.263 e. The number of hydrogen-bond donors (Lipinski definition) is 0. The average Bonchev–Trinajstić information content (AvgIpc) is 2.73. The first-order chi connectivity index (χ1) is 13.8. The number of nitrogens with zero attached hydrogens (tertiary/aromatic N) is 2. The predicted molar refractivity (Wildman–Crippen MR) is 118 cm³/mol. The first-order valence-corrected chi connectivity index (χ1v) is 11.3. The predicted octanol–water partition coefficient (Wildman–Crippen LogP) is 5.24. The van der Waals surface area contributed by atoms with Gasteiger partial charge >= 0.3 is 0 Å². The van der Waals surface area contributed by atoms with E-state index in [0.29, 0.717) is 11.1 Å². The molecule has 5 heteroatoms. The van der Waals surface area contributed by atoms with E-state index in [0.717, 1.165) is 27.6 Å². The summed E-state index contributed by atoms with van der Waals surface area (Å²) in [5.41, 5.74) is 5.35. The Morgan fingerprint density at radius 2 is 1.48 bits per heavy atom. The molecule has 0 N–H and O–H groups in total. The zero-order valence-corrected chi connectivity index (χ0v) is 17.4. The largest absolute Gasteiger partial charge is 0.263 e. The van der Waals surface area contributed by atoms with Crippen LogP contribution in [0.1, 0.15) is 19.4 Å². The molecule has 2 aromatic heterocycles. The fourth-order valence-electron chi connectivity index (χ4n) is 3.40. The molecule has 2 aromatic carbocycles. The molecule has 0 radical (unpaired) electrons. The molecule has 0 bridgehead atoms. The Labute approximate surface area is 171 Å². The lowest BCUT2D eigenvalue weighted by molar-refractivity contribution is 0.562. The number of rotatable bonds is 4. The van der Waals surface area contributed by atoms with Gasteiger partial charge in [0, 0.05) is 41.4 Å². The second-order valence-corrected chi connectivity index (χ2v) is 10.3. The fourth-order valence-corrected chi connectivity index (χ4v) is 3.96. The fraction of sp³-hybridized carbons (Fsp3) is 0.167. The van der Waals surface area contributed by atoms with Gasteiger partial charge in [0.15, 0.2) is 9.84 Å². The molecule has 0 saturated heterocycles. The average molecular weight is 403 g/mol. The summed E-state index contributed by atoms with van der Waals surface area (Å²) in [6, 6.07) is 19.9. The molecule has 0 aliphatic heterocycles. The molecular formula is C24H22N2O2S.